The summed E-state index contributed by atoms with van der Waals surface area (Å²) < 4.78 is 0. The summed E-state index contributed by atoms with van der Waals surface area (Å²) in [4.78, 5) is 25.3. The van der Waals surface area contributed by atoms with Gasteiger partial charge in [-0.1, -0.05) is 61.8 Å². The van der Waals surface area contributed by atoms with E-state index in [0.29, 0.717) is 16.6 Å². The van der Waals surface area contributed by atoms with Gasteiger partial charge in [0.05, 0.1) is 23.8 Å². The van der Waals surface area contributed by atoms with Gasteiger partial charge < -0.3 is 15.5 Å². The van der Waals surface area contributed by atoms with Crippen molar-refractivity contribution in [3.05, 3.63) is 64.7 Å². The fraction of sp³-hybridized carbons (Fsp3) is 0.391. The van der Waals surface area contributed by atoms with Crippen LogP contribution in [0.5, 0.6) is 0 Å². The lowest BCUT2D eigenvalue weighted by Crippen LogP contribution is -3.11. The van der Waals surface area contributed by atoms with E-state index in [2.05, 4.69) is 48.7 Å². The maximum absolute atomic E-state index is 12.4. The number of nitrogens with one attached hydrogen (secondary N) is 3. The van der Waals surface area contributed by atoms with Gasteiger partial charge in [0.1, 0.15) is 0 Å². The predicted molar refractivity (Wildman–Crippen MR) is 118 cm³/mol. The molecule has 0 saturated heterocycles. The number of likely N-dealkylation sites (N-methyl/N-ethyl adjacent to an activating group) is 1. The van der Waals surface area contributed by atoms with E-state index in [1.165, 1.54) is 5.56 Å². The summed E-state index contributed by atoms with van der Waals surface area (Å²) in [5.41, 5.74) is 2.95. The summed E-state index contributed by atoms with van der Waals surface area (Å²) in [6.07, 6.45) is 1.05. The van der Waals surface area contributed by atoms with E-state index in [-0.39, 0.29) is 30.9 Å². The molecule has 2 aromatic rings. The van der Waals surface area contributed by atoms with Crippen molar-refractivity contribution in [1.29, 1.82) is 0 Å². The number of amides is 2. The number of carbonyl (C=O) groups excluding carboxylic acids is 2. The molecule has 0 aromatic heterocycles. The third-order valence-corrected chi connectivity index (χ3v) is 4.90. The summed E-state index contributed by atoms with van der Waals surface area (Å²) in [5, 5.41) is 6.27. The minimum absolute atomic E-state index is 0.0830. The lowest BCUT2D eigenvalue weighted by atomic mass is 10.00. The van der Waals surface area contributed by atoms with Gasteiger partial charge in [-0.05, 0) is 42.5 Å². The highest BCUT2D eigenvalue weighted by Gasteiger charge is 2.17. The quantitative estimate of drug-likeness (QED) is 0.588. The van der Waals surface area contributed by atoms with Crippen molar-refractivity contribution in [2.45, 2.75) is 33.2 Å². The Morgan fingerprint density at radius 3 is 2.21 bits per heavy atom. The molecule has 2 rings (SSSR count). The smallest absolute Gasteiger partial charge is 0.279 e. The average molecular weight is 417 g/mol. The van der Waals surface area contributed by atoms with Gasteiger partial charge >= 0.3 is 0 Å². The van der Waals surface area contributed by atoms with Crippen molar-refractivity contribution < 1.29 is 14.5 Å². The van der Waals surface area contributed by atoms with Crippen molar-refractivity contribution >= 4 is 29.1 Å². The first-order chi connectivity index (χ1) is 13.7. The molecule has 0 aliphatic rings. The predicted octanol–water partition coefficient (Wildman–Crippen LogP) is 2.87. The Hall–Kier alpha value is -2.37. The molecule has 5 nitrogen and oxygen atoms in total. The van der Waals surface area contributed by atoms with E-state index in [4.69, 9.17) is 11.6 Å². The monoisotopic (exact) mass is 416 g/mol. The van der Waals surface area contributed by atoms with Crippen LogP contribution in [0.4, 0.5) is 5.69 Å². The number of hydrogen-bond acceptors (Lipinski definition) is 2. The van der Waals surface area contributed by atoms with Gasteiger partial charge in [-0.25, -0.2) is 0 Å². The van der Waals surface area contributed by atoms with Gasteiger partial charge in [0.25, 0.3) is 11.8 Å². The van der Waals surface area contributed by atoms with E-state index in [0.717, 1.165) is 16.9 Å². The van der Waals surface area contributed by atoms with E-state index in [9.17, 15) is 9.59 Å². The fourth-order valence-corrected chi connectivity index (χ4v) is 3.34. The van der Waals surface area contributed by atoms with Crippen LogP contribution in [0.3, 0.4) is 0 Å². The number of quaternary nitrogens is 1. The molecular weight excluding hydrogens is 386 g/mol. The Morgan fingerprint density at radius 1 is 0.966 bits per heavy atom. The first kappa shape index (κ1) is 22.9. The molecule has 0 heterocycles. The third-order valence-electron chi connectivity index (χ3n) is 4.57. The molecule has 0 aliphatic carbocycles. The van der Waals surface area contributed by atoms with Crippen LogP contribution < -0.4 is 15.5 Å². The Morgan fingerprint density at radius 2 is 1.59 bits per heavy atom. The molecule has 0 radical (unpaired) electrons. The van der Waals surface area contributed by atoms with E-state index >= 15 is 0 Å². The standard InChI is InChI=1S/C23H30ClN3O2/c1-16(2)13-18-9-11-19(12-10-18)17(3)25-22(28)14-27(4)15-23(29)26-21-8-6-5-7-20(21)24/h5-12,16-17H,13-15H2,1-4H3,(H,25,28)(H,26,29)/p+1/t17-/m1/s1. The molecule has 0 aliphatic heterocycles. The Balaban J connectivity index is 1.80. The largest absolute Gasteiger partial charge is 0.345 e. The highest BCUT2D eigenvalue weighted by molar-refractivity contribution is 6.33. The fourth-order valence-electron chi connectivity index (χ4n) is 3.16. The van der Waals surface area contributed by atoms with Gasteiger partial charge in [-0.3, -0.25) is 9.59 Å². The maximum Gasteiger partial charge on any atom is 0.279 e. The number of anilines is 1. The first-order valence-electron chi connectivity index (χ1n) is 9.98. The van der Waals surface area contributed by atoms with Crippen LogP contribution in [0.2, 0.25) is 5.02 Å². The Labute approximate surface area is 178 Å². The summed E-state index contributed by atoms with van der Waals surface area (Å²) in [7, 11) is 1.82. The van der Waals surface area contributed by atoms with Crippen LogP contribution in [0.1, 0.15) is 37.9 Å². The topological polar surface area (TPSA) is 62.6 Å². The summed E-state index contributed by atoms with van der Waals surface area (Å²) in [5.74, 6) is 0.343. The lowest BCUT2D eigenvalue weighted by molar-refractivity contribution is -0.862. The highest BCUT2D eigenvalue weighted by Crippen LogP contribution is 2.20. The van der Waals surface area contributed by atoms with Gasteiger partial charge in [-0.2, -0.15) is 0 Å². The Kier molecular flexibility index (Phi) is 8.68. The number of benzene rings is 2. The van der Waals surface area contributed by atoms with Crippen LogP contribution in [0.25, 0.3) is 0 Å². The van der Waals surface area contributed by atoms with Crippen molar-refractivity contribution in [2.24, 2.45) is 5.92 Å². The Bertz CT molecular complexity index is 821. The maximum atomic E-state index is 12.4. The number of rotatable bonds is 9. The van der Waals surface area contributed by atoms with Crippen molar-refractivity contribution in [2.75, 3.05) is 25.5 Å². The minimum Gasteiger partial charge on any atom is -0.345 e. The lowest BCUT2D eigenvalue weighted by Gasteiger charge is -2.18. The molecule has 0 fully saturated rings. The molecule has 2 atom stereocenters. The second kappa shape index (κ2) is 11.0. The molecule has 0 spiro atoms. The molecule has 0 bridgehead atoms. The number of hydrogen-bond donors (Lipinski definition) is 3. The number of para-hydroxylation sites is 1. The van der Waals surface area contributed by atoms with Crippen molar-refractivity contribution in [3.8, 4) is 0 Å². The SMILES string of the molecule is CC(C)Cc1ccc([C@@H](C)NC(=O)C[NH+](C)CC(=O)Nc2ccccc2Cl)cc1. The number of halogens is 1. The molecule has 1 unspecified atom stereocenters. The number of carbonyl (C=O) groups is 2. The molecular formula is C23H31ClN3O2+. The highest BCUT2D eigenvalue weighted by atomic mass is 35.5. The van der Waals surface area contributed by atoms with E-state index < -0.39 is 0 Å². The summed E-state index contributed by atoms with van der Waals surface area (Å²) in [6, 6.07) is 15.4. The van der Waals surface area contributed by atoms with E-state index in [1.807, 2.05) is 20.0 Å². The molecule has 156 valence electrons. The third kappa shape index (κ3) is 7.87. The van der Waals surface area contributed by atoms with Crippen molar-refractivity contribution in [1.82, 2.24) is 5.32 Å². The van der Waals surface area contributed by atoms with E-state index in [1.54, 1.807) is 18.2 Å². The molecule has 3 N–H and O–H groups in total. The van der Waals surface area contributed by atoms with Gasteiger partial charge in [0, 0.05) is 0 Å². The van der Waals surface area contributed by atoms with Crippen LogP contribution in [0.15, 0.2) is 48.5 Å². The second-order valence-electron chi connectivity index (χ2n) is 7.97. The normalized spacial score (nSPS) is 13.0. The van der Waals surface area contributed by atoms with Gasteiger partial charge in [-0.15, -0.1) is 0 Å². The van der Waals surface area contributed by atoms with Crippen LogP contribution >= 0.6 is 11.6 Å². The zero-order valence-corrected chi connectivity index (χ0v) is 18.3. The molecule has 0 saturated carbocycles. The summed E-state index contributed by atoms with van der Waals surface area (Å²) >= 11 is 6.05. The summed E-state index contributed by atoms with van der Waals surface area (Å²) in [6.45, 7) is 6.76. The van der Waals surface area contributed by atoms with Gasteiger partial charge in [0.15, 0.2) is 13.1 Å². The molecule has 6 heteroatoms. The van der Waals surface area contributed by atoms with Crippen LogP contribution in [-0.2, 0) is 16.0 Å². The average Bonchev–Trinajstić information content (AvgIpc) is 2.63. The van der Waals surface area contributed by atoms with Crippen LogP contribution in [0, 0.1) is 5.92 Å². The zero-order chi connectivity index (χ0) is 21.4. The van der Waals surface area contributed by atoms with Gasteiger partial charge in [0.2, 0.25) is 0 Å². The second-order valence-corrected chi connectivity index (χ2v) is 8.37. The van der Waals surface area contributed by atoms with Crippen LogP contribution in [-0.4, -0.2) is 32.0 Å². The van der Waals surface area contributed by atoms with Crippen molar-refractivity contribution in [3.63, 3.8) is 0 Å². The minimum atomic E-state index is -0.183. The molecule has 2 amide bonds. The molecule has 2 aromatic carbocycles. The zero-order valence-electron chi connectivity index (χ0n) is 17.6. The first-order valence-corrected chi connectivity index (χ1v) is 10.4. The molecule has 29 heavy (non-hydrogen) atoms.